The smallest absolute Gasteiger partial charge is 0.278 e. The van der Waals surface area contributed by atoms with Crippen molar-refractivity contribution in [3.63, 3.8) is 0 Å². The molecular weight excluding hydrogens is 344 g/mol. The normalized spacial score (nSPS) is 13.8. The largest absolute Gasteiger partial charge is 0.334 e. The van der Waals surface area contributed by atoms with Gasteiger partial charge in [-0.05, 0) is 25.1 Å². The molecule has 0 atom stereocenters. The van der Waals surface area contributed by atoms with Crippen molar-refractivity contribution >= 4 is 5.91 Å². The zero-order chi connectivity index (χ0) is 18.4. The number of carbonyl (C=O) groups is 1. The summed E-state index contributed by atoms with van der Waals surface area (Å²) in [7, 11) is 1.82. The molecule has 2 aromatic heterocycles. The number of amides is 1. The van der Waals surface area contributed by atoms with Gasteiger partial charge in [0, 0.05) is 36.8 Å². The Morgan fingerprint density at radius 2 is 2.08 bits per heavy atom. The number of halogens is 2. The van der Waals surface area contributed by atoms with Crippen molar-refractivity contribution in [1.82, 2.24) is 24.8 Å². The van der Waals surface area contributed by atoms with Gasteiger partial charge in [-0.15, -0.1) is 0 Å². The van der Waals surface area contributed by atoms with E-state index in [1.165, 1.54) is 6.07 Å². The third-order valence-corrected chi connectivity index (χ3v) is 4.43. The highest BCUT2D eigenvalue weighted by Gasteiger charge is 2.30. The highest BCUT2D eigenvalue weighted by atomic mass is 19.2. The fourth-order valence-corrected chi connectivity index (χ4v) is 3.14. The number of rotatable bonds is 2. The van der Waals surface area contributed by atoms with Gasteiger partial charge in [-0.3, -0.25) is 9.48 Å². The Bertz CT molecular complexity index is 1010. The van der Waals surface area contributed by atoms with Gasteiger partial charge in [0.2, 0.25) is 0 Å². The van der Waals surface area contributed by atoms with Gasteiger partial charge >= 0.3 is 0 Å². The van der Waals surface area contributed by atoms with E-state index in [-0.39, 0.29) is 18.0 Å². The standard InChI is InChI=1S/C17H15F2N5O2/c1-9-20-16(26-22-9)15-11-8-24(6-5-14(11)23(2)21-15)17(25)10-3-4-12(18)13(19)7-10/h3-4,7H,5-6,8H2,1-2H3. The Hall–Kier alpha value is -3.10. The minimum Gasteiger partial charge on any atom is -0.334 e. The van der Waals surface area contributed by atoms with Crippen molar-refractivity contribution in [3.05, 3.63) is 52.5 Å². The minimum atomic E-state index is -1.04. The van der Waals surface area contributed by atoms with E-state index in [2.05, 4.69) is 15.2 Å². The van der Waals surface area contributed by atoms with Gasteiger partial charge in [0.05, 0.1) is 6.54 Å². The van der Waals surface area contributed by atoms with Gasteiger partial charge in [0.25, 0.3) is 11.8 Å². The summed E-state index contributed by atoms with van der Waals surface area (Å²) in [6, 6.07) is 3.15. The fraction of sp³-hybridized carbons (Fsp3) is 0.294. The molecule has 26 heavy (non-hydrogen) atoms. The molecule has 0 fully saturated rings. The molecule has 0 N–H and O–H groups in total. The van der Waals surface area contributed by atoms with Crippen LogP contribution in [-0.2, 0) is 20.0 Å². The number of hydrogen-bond acceptors (Lipinski definition) is 5. The monoisotopic (exact) mass is 359 g/mol. The number of aromatic nitrogens is 4. The first kappa shape index (κ1) is 16.4. The average molecular weight is 359 g/mol. The van der Waals surface area contributed by atoms with Crippen LogP contribution < -0.4 is 0 Å². The lowest BCUT2D eigenvalue weighted by Gasteiger charge is -2.27. The van der Waals surface area contributed by atoms with Crippen molar-refractivity contribution in [3.8, 4) is 11.6 Å². The molecule has 7 nitrogen and oxygen atoms in total. The average Bonchev–Trinajstić information content (AvgIpc) is 3.20. The summed E-state index contributed by atoms with van der Waals surface area (Å²) in [6.07, 6.45) is 0.585. The summed E-state index contributed by atoms with van der Waals surface area (Å²) in [4.78, 5) is 18.5. The number of benzene rings is 1. The van der Waals surface area contributed by atoms with Crippen LogP contribution >= 0.6 is 0 Å². The van der Waals surface area contributed by atoms with Crippen LogP contribution in [0.5, 0.6) is 0 Å². The number of hydrogen-bond donors (Lipinski definition) is 0. The molecule has 1 aromatic carbocycles. The maximum atomic E-state index is 13.5. The lowest BCUT2D eigenvalue weighted by atomic mass is 10.0. The molecule has 9 heteroatoms. The first-order chi connectivity index (χ1) is 12.4. The van der Waals surface area contributed by atoms with E-state index in [1.807, 2.05) is 7.05 Å². The van der Waals surface area contributed by atoms with Crippen LogP contribution in [0.25, 0.3) is 11.6 Å². The zero-order valence-electron chi connectivity index (χ0n) is 14.2. The molecule has 0 aliphatic carbocycles. The topological polar surface area (TPSA) is 77.0 Å². The SMILES string of the molecule is Cc1noc(-c2nn(C)c3c2CN(C(=O)c2ccc(F)c(F)c2)CC3)n1. The predicted molar refractivity (Wildman–Crippen MR) is 86.0 cm³/mol. The van der Waals surface area contributed by atoms with Crippen molar-refractivity contribution < 1.29 is 18.1 Å². The summed E-state index contributed by atoms with van der Waals surface area (Å²) < 4.78 is 33.5. The van der Waals surface area contributed by atoms with Gasteiger partial charge in [0.15, 0.2) is 23.2 Å². The molecule has 1 aliphatic heterocycles. The number of aryl methyl sites for hydroxylation is 2. The summed E-state index contributed by atoms with van der Waals surface area (Å²) in [5.41, 5.74) is 2.43. The molecule has 3 heterocycles. The number of carbonyl (C=O) groups excluding carboxylic acids is 1. The summed E-state index contributed by atoms with van der Waals surface area (Å²) in [6.45, 7) is 2.44. The highest BCUT2D eigenvalue weighted by molar-refractivity contribution is 5.94. The van der Waals surface area contributed by atoms with Crippen molar-refractivity contribution in [1.29, 1.82) is 0 Å². The lowest BCUT2D eigenvalue weighted by Crippen LogP contribution is -2.36. The Kier molecular flexibility index (Phi) is 3.78. The third kappa shape index (κ3) is 2.65. The minimum absolute atomic E-state index is 0.103. The van der Waals surface area contributed by atoms with Crippen LogP contribution in [-0.4, -0.2) is 37.3 Å². The number of fused-ring (bicyclic) bond motifs is 1. The summed E-state index contributed by atoms with van der Waals surface area (Å²) >= 11 is 0. The van der Waals surface area contributed by atoms with Crippen LogP contribution in [0.4, 0.5) is 8.78 Å². The van der Waals surface area contributed by atoms with Gasteiger partial charge in [-0.2, -0.15) is 10.1 Å². The Labute approximate surface area is 147 Å². The second kappa shape index (κ2) is 6.01. The maximum Gasteiger partial charge on any atom is 0.278 e. The van der Waals surface area contributed by atoms with Crippen LogP contribution in [0.2, 0.25) is 0 Å². The van der Waals surface area contributed by atoms with E-state index in [0.717, 1.165) is 23.4 Å². The second-order valence-corrected chi connectivity index (χ2v) is 6.15. The van der Waals surface area contributed by atoms with E-state index in [1.54, 1.807) is 16.5 Å². The molecule has 0 radical (unpaired) electrons. The molecule has 1 amide bonds. The van der Waals surface area contributed by atoms with E-state index in [9.17, 15) is 13.6 Å². The van der Waals surface area contributed by atoms with E-state index < -0.39 is 11.6 Å². The van der Waals surface area contributed by atoms with Gasteiger partial charge in [-0.1, -0.05) is 5.16 Å². The molecule has 1 aliphatic rings. The molecule has 134 valence electrons. The molecule has 0 saturated heterocycles. The van der Waals surface area contributed by atoms with Gasteiger partial charge < -0.3 is 9.42 Å². The molecule has 0 unspecified atom stereocenters. The van der Waals surface area contributed by atoms with Gasteiger partial charge in [0.1, 0.15) is 0 Å². The van der Waals surface area contributed by atoms with Crippen LogP contribution in [0, 0.1) is 18.6 Å². The quantitative estimate of drug-likeness (QED) is 0.701. The molecular formula is C17H15F2N5O2. The highest BCUT2D eigenvalue weighted by Crippen LogP contribution is 2.29. The Morgan fingerprint density at radius 1 is 1.27 bits per heavy atom. The molecule has 4 rings (SSSR count). The molecule has 0 saturated carbocycles. The summed E-state index contributed by atoms with van der Waals surface area (Å²) in [5.74, 6) is -1.61. The second-order valence-electron chi connectivity index (χ2n) is 6.15. The predicted octanol–water partition coefficient (Wildman–Crippen LogP) is 2.26. The number of nitrogens with zero attached hydrogens (tertiary/aromatic N) is 5. The van der Waals surface area contributed by atoms with Crippen LogP contribution in [0.3, 0.4) is 0 Å². The van der Waals surface area contributed by atoms with Crippen LogP contribution in [0.1, 0.15) is 27.4 Å². The zero-order valence-corrected chi connectivity index (χ0v) is 14.2. The third-order valence-electron chi connectivity index (χ3n) is 4.43. The molecule has 3 aromatic rings. The first-order valence-electron chi connectivity index (χ1n) is 8.04. The Balaban J connectivity index is 1.67. The Morgan fingerprint density at radius 3 is 2.77 bits per heavy atom. The van der Waals surface area contributed by atoms with Crippen molar-refractivity contribution in [2.45, 2.75) is 19.9 Å². The molecule has 0 spiro atoms. The summed E-state index contributed by atoms with van der Waals surface area (Å²) in [5, 5.41) is 8.22. The van der Waals surface area contributed by atoms with Crippen LogP contribution in [0.15, 0.2) is 22.7 Å². The molecule has 0 bridgehead atoms. The van der Waals surface area contributed by atoms with E-state index in [0.29, 0.717) is 30.4 Å². The van der Waals surface area contributed by atoms with Gasteiger partial charge in [-0.25, -0.2) is 8.78 Å². The maximum absolute atomic E-state index is 13.5. The first-order valence-corrected chi connectivity index (χ1v) is 8.04. The van der Waals surface area contributed by atoms with E-state index in [4.69, 9.17) is 4.52 Å². The fourth-order valence-electron chi connectivity index (χ4n) is 3.14. The lowest BCUT2D eigenvalue weighted by molar-refractivity contribution is 0.0733. The van der Waals surface area contributed by atoms with Crippen molar-refractivity contribution in [2.24, 2.45) is 7.05 Å². The van der Waals surface area contributed by atoms with E-state index >= 15 is 0 Å². The van der Waals surface area contributed by atoms with Crippen molar-refractivity contribution in [2.75, 3.05) is 6.54 Å².